The summed E-state index contributed by atoms with van der Waals surface area (Å²) in [5.41, 5.74) is 0.636. The predicted molar refractivity (Wildman–Crippen MR) is 108 cm³/mol. The van der Waals surface area contributed by atoms with E-state index in [1.165, 1.54) is 0 Å². The molecule has 1 unspecified atom stereocenters. The van der Waals surface area contributed by atoms with Crippen LogP contribution in [-0.4, -0.2) is 39.3 Å². The Morgan fingerprint density at radius 1 is 1.03 bits per heavy atom. The van der Waals surface area contributed by atoms with E-state index in [9.17, 15) is 21.6 Å². The van der Waals surface area contributed by atoms with Gasteiger partial charge in [0.2, 0.25) is 10.0 Å². The minimum Gasteiger partial charge on any atom is -0.406 e. The summed E-state index contributed by atoms with van der Waals surface area (Å²) >= 11 is 12.1. The first-order chi connectivity index (χ1) is 14.0. The third-order valence-electron chi connectivity index (χ3n) is 4.65. The second-order valence-electron chi connectivity index (χ2n) is 6.87. The van der Waals surface area contributed by atoms with Crippen molar-refractivity contribution in [1.29, 1.82) is 0 Å². The molecule has 5 nitrogen and oxygen atoms in total. The molecule has 1 N–H and O–H groups in total. The maximum Gasteiger partial charge on any atom is 0.573 e. The van der Waals surface area contributed by atoms with Gasteiger partial charge in [-0.2, -0.15) is 0 Å². The van der Waals surface area contributed by atoms with Crippen LogP contribution in [0.25, 0.3) is 0 Å². The number of ether oxygens (including phenoxy) is 1. The fourth-order valence-corrected chi connectivity index (χ4v) is 4.76. The number of rotatable bonds is 7. The Balaban J connectivity index is 1.83. The molecule has 1 aliphatic rings. The van der Waals surface area contributed by atoms with Gasteiger partial charge in [0.05, 0.1) is 21.0 Å². The van der Waals surface area contributed by atoms with Gasteiger partial charge < -0.3 is 9.64 Å². The van der Waals surface area contributed by atoms with Crippen molar-refractivity contribution in [2.45, 2.75) is 30.1 Å². The van der Waals surface area contributed by atoms with E-state index < -0.39 is 28.2 Å². The maximum absolute atomic E-state index is 12.9. The van der Waals surface area contributed by atoms with Crippen LogP contribution in [0.2, 0.25) is 10.0 Å². The zero-order chi connectivity index (χ0) is 21.9. The Bertz CT molecular complexity index is 980. The van der Waals surface area contributed by atoms with Crippen molar-refractivity contribution in [2.24, 2.45) is 0 Å². The highest BCUT2D eigenvalue weighted by Gasteiger charge is 2.31. The van der Waals surface area contributed by atoms with Gasteiger partial charge in [0.15, 0.2) is 0 Å². The topological polar surface area (TPSA) is 58.6 Å². The predicted octanol–water partition coefficient (Wildman–Crippen LogP) is 5.01. The Morgan fingerprint density at radius 3 is 2.23 bits per heavy atom. The molecule has 2 aromatic rings. The number of alkyl halides is 3. The lowest BCUT2D eigenvalue weighted by Gasteiger charge is -2.25. The minimum absolute atomic E-state index is 0.177. The van der Waals surface area contributed by atoms with Crippen LogP contribution < -0.4 is 9.46 Å². The number of likely N-dealkylation sites (tertiary alicyclic amines) is 1. The smallest absolute Gasteiger partial charge is 0.406 e. The van der Waals surface area contributed by atoms with Gasteiger partial charge in [0.1, 0.15) is 5.75 Å². The first kappa shape index (κ1) is 23.1. The van der Waals surface area contributed by atoms with E-state index in [-0.39, 0.29) is 4.90 Å². The summed E-state index contributed by atoms with van der Waals surface area (Å²) in [5.74, 6) is -0.500. The molecule has 0 bridgehead atoms. The maximum atomic E-state index is 12.9. The third-order valence-corrected chi connectivity index (χ3v) is 6.88. The van der Waals surface area contributed by atoms with E-state index in [1.807, 2.05) is 0 Å². The molecule has 0 aromatic heterocycles. The van der Waals surface area contributed by atoms with Crippen molar-refractivity contribution in [3.63, 3.8) is 0 Å². The molecule has 164 valence electrons. The Hall–Kier alpha value is -1.52. The van der Waals surface area contributed by atoms with E-state index in [0.717, 1.165) is 50.2 Å². The molecule has 3 rings (SSSR count). The van der Waals surface area contributed by atoms with E-state index in [4.69, 9.17) is 23.2 Å². The monoisotopic (exact) mass is 482 g/mol. The SMILES string of the molecule is O=S(=O)(NC(CN1CCCC1)c1ccc(Cl)c(Cl)c1)c1ccc(OC(F)(F)F)cc1. The Kier molecular flexibility index (Phi) is 7.19. The third kappa shape index (κ3) is 6.24. The molecular weight excluding hydrogens is 464 g/mol. The van der Waals surface area contributed by atoms with E-state index in [1.54, 1.807) is 18.2 Å². The van der Waals surface area contributed by atoms with Crippen molar-refractivity contribution in [3.8, 4) is 5.75 Å². The van der Waals surface area contributed by atoms with Crippen LogP contribution in [0, 0.1) is 0 Å². The molecular formula is C19H19Cl2F3N2O3S. The number of nitrogens with zero attached hydrogens (tertiary/aromatic N) is 1. The molecule has 1 atom stereocenters. The van der Waals surface area contributed by atoms with Gasteiger partial charge in [-0.15, -0.1) is 13.2 Å². The van der Waals surface area contributed by atoms with Gasteiger partial charge in [-0.3, -0.25) is 0 Å². The number of sulfonamides is 1. The average Bonchev–Trinajstić information content (AvgIpc) is 3.15. The highest BCUT2D eigenvalue weighted by molar-refractivity contribution is 7.89. The van der Waals surface area contributed by atoms with Crippen molar-refractivity contribution in [1.82, 2.24) is 9.62 Å². The van der Waals surface area contributed by atoms with Crippen LogP contribution in [0.5, 0.6) is 5.75 Å². The van der Waals surface area contributed by atoms with Crippen LogP contribution in [0.3, 0.4) is 0 Å². The summed E-state index contributed by atoms with van der Waals surface area (Å²) in [6.07, 6.45) is -2.80. The molecule has 11 heteroatoms. The molecule has 30 heavy (non-hydrogen) atoms. The van der Waals surface area contributed by atoms with Gasteiger partial charge in [-0.05, 0) is 67.9 Å². The van der Waals surface area contributed by atoms with Gasteiger partial charge >= 0.3 is 6.36 Å². The van der Waals surface area contributed by atoms with E-state index in [2.05, 4.69) is 14.4 Å². The van der Waals surface area contributed by atoms with Gasteiger partial charge in [0, 0.05) is 6.54 Å². The van der Waals surface area contributed by atoms with Crippen LogP contribution in [0.4, 0.5) is 13.2 Å². The Morgan fingerprint density at radius 2 is 1.67 bits per heavy atom. The molecule has 0 amide bonds. The van der Waals surface area contributed by atoms with Crippen molar-refractivity contribution >= 4 is 33.2 Å². The molecule has 0 radical (unpaired) electrons. The first-order valence-electron chi connectivity index (χ1n) is 9.09. The Labute approximate surface area is 182 Å². The van der Waals surface area contributed by atoms with Crippen LogP contribution in [-0.2, 0) is 10.0 Å². The molecule has 0 spiro atoms. The molecule has 1 fully saturated rings. The normalized spacial score (nSPS) is 16.6. The fourth-order valence-electron chi connectivity index (χ4n) is 3.24. The van der Waals surface area contributed by atoms with Crippen LogP contribution >= 0.6 is 23.2 Å². The van der Waals surface area contributed by atoms with Crippen molar-refractivity contribution < 1.29 is 26.3 Å². The number of halogens is 5. The fraction of sp³-hybridized carbons (Fsp3) is 0.368. The van der Waals surface area contributed by atoms with Crippen molar-refractivity contribution in [2.75, 3.05) is 19.6 Å². The van der Waals surface area contributed by atoms with E-state index in [0.29, 0.717) is 22.2 Å². The number of nitrogens with one attached hydrogen (secondary N) is 1. The number of hydrogen-bond donors (Lipinski definition) is 1. The zero-order valence-corrected chi connectivity index (χ0v) is 18.0. The quantitative estimate of drug-likeness (QED) is 0.602. The number of benzene rings is 2. The lowest BCUT2D eigenvalue weighted by molar-refractivity contribution is -0.274. The summed E-state index contributed by atoms with van der Waals surface area (Å²) in [6, 6.07) is 8.30. The average molecular weight is 483 g/mol. The summed E-state index contributed by atoms with van der Waals surface area (Å²) < 4.78 is 69.1. The summed E-state index contributed by atoms with van der Waals surface area (Å²) in [4.78, 5) is 1.96. The summed E-state index contributed by atoms with van der Waals surface area (Å²) in [6.45, 7) is 2.12. The van der Waals surface area contributed by atoms with Gasteiger partial charge in [-0.25, -0.2) is 13.1 Å². The highest BCUT2D eigenvalue weighted by atomic mass is 35.5. The highest BCUT2D eigenvalue weighted by Crippen LogP contribution is 2.29. The molecule has 0 saturated carbocycles. The first-order valence-corrected chi connectivity index (χ1v) is 11.3. The molecule has 1 aliphatic heterocycles. The van der Waals surface area contributed by atoms with Gasteiger partial charge in [0.25, 0.3) is 0 Å². The summed E-state index contributed by atoms with van der Waals surface area (Å²) in [7, 11) is -4.02. The standard InChI is InChI=1S/C19H19Cl2F3N2O3S/c20-16-8-3-13(11-17(16)21)18(12-26-9-1-2-10-26)25-30(27,28)15-6-4-14(5-7-15)29-19(22,23)24/h3-8,11,18,25H,1-2,9-10,12H2. The second-order valence-corrected chi connectivity index (χ2v) is 9.40. The minimum atomic E-state index is -4.85. The molecule has 1 heterocycles. The van der Waals surface area contributed by atoms with Crippen molar-refractivity contribution in [3.05, 3.63) is 58.1 Å². The molecule has 0 aliphatic carbocycles. The number of hydrogen-bond acceptors (Lipinski definition) is 4. The van der Waals surface area contributed by atoms with Crippen LogP contribution in [0.15, 0.2) is 47.4 Å². The second kappa shape index (κ2) is 9.32. The van der Waals surface area contributed by atoms with E-state index >= 15 is 0 Å². The molecule has 1 saturated heterocycles. The van der Waals surface area contributed by atoms with Crippen LogP contribution in [0.1, 0.15) is 24.4 Å². The zero-order valence-electron chi connectivity index (χ0n) is 15.6. The summed E-state index contributed by atoms with van der Waals surface area (Å²) in [5, 5.41) is 0.650. The lowest BCUT2D eigenvalue weighted by atomic mass is 10.1. The molecule has 2 aromatic carbocycles. The van der Waals surface area contributed by atoms with Gasteiger partial charge in [-0.1, -0.05) is 29.3 Å². The largest absolute Gasteiger partial charge is 0.573 e. The lowest BCUT2D eigenvalue weighted by Crippen LogP contribution is -2.37.